The van der Waals surface area contributed by atoms with E-state index in [2.05, 4.69) is 10.3 Å². The van der Waals surface area contributed by atoms with E-state index in [9.17, 15) is 9.59 Å². The first-order valence-corrected chi connectivity index (χ1v) is 9.98. The van der Waals surface area contributed by atoms with Crippen LogP contribution >= 0.6 is 11.3 Å². The molecule has 1 fully saturated rings. The van der Waals surface area contributed by atoms with Gasteiger partial charge >= 0.3 is 12.1 Å². The Kier molecular flexibility index (Phi) is 6.86. The number of ether oxygens (including phenoxy) is 1. The van der Waals surface area contributed by atoms with Crippen molar-refractivity contribution in [2.75, 3.05) is 25.0 Å². The zero-order valence-corrected chi connectivity index (χ0v) is 17.1. The summed E-state index contributed by atoms with van der Waals surface area (Å²) in [4.78, 5) is 32.6. The molecule has 0 unspecified atom stereocenters. The molecule has 1 aliphatic rings. The van der Waals surface area contributed by atoms with Crippen molar-refractivity contribution in [1.82, 2.24) is 14.8 Å². The number of carbonyl (C=O) groups is 2. The smallest absolute Gasteiger partial charge is 0.410 e. The molecule has 1 atom stereocenters. The van der Waals surface area contributed by atoms with Crippen molar-refractivity contribution in [3.63, 3.8) is 0 Å². The second kappa shape index (κ2) is 8.70. The van der Waals surface area contributed by atoms with E-state index in [1.165, 1.54) is 11.3 Å². The first-order valence-electron chi connectivity index (χ1n) is 9.11. The van der Waals surface area contributed by atoms with Gasteiger partial charge < -0.3 is 14.5 Å². The van der Waals surface area contributed by atoms with Crippen molar-refractivity contribution in [3.05, 3.63) is 11.6 Å². The average Bonchev–Trinajstić information content (AvgIpc) is 3.03. The van der Waals surface area contributed by atoms with E-state index in [0.29, 0.717) is 18.2 Å². The minimum Gasteiger partial charge on any atom is -0.444 e. The van der Waals surface area contributed by atoms with Gasteiger partial charge in [-0.15, -0.1) is 11.3 Å². The molecule has 3 amide bonds. The van der Waals surface area contributed by atoms with Gasteiger partial charge in [-0.3, -0.25) is 5.32 Å². The molecule has 0 bridgehead atoms. The number of rotatable bonds is 4. The normalized spacial score (nSPS) is 17.9. The lowest BCUT2D eigenvalue weighted by atomic mass is 9.97. The van der Waals surface area contributed by atoms with Crippen molar-refractivity contribution in [3.8, 4) is 0 Å². The maximum Gasteiger partial charge on any atom is 0.410 e. The molecule has 146 valence electrons. The quantitative estimate of drug-likeness (QED) is 0.853. The molecule has 26 heavy (non-hydrogen) atoms. The lowest BCUT2D eigenvalue weighted by Gasteiger charge is -2.37. The zero-order valence-electron chi connectivity index (χ0n) is 16.3. The number of nitrogens with zero attached hydrogens (tertiary/aromatic N) is 3. The first kappa shape index (κ1) is 20.5. The van der Waals surface area contributed by atoms with E-state index in [4.69, 9.17) is 4.74 Å². The topological polar surface area (TPSA) is 74.8 Å². The number of likely N-dealkylation sites (tertiary alicyclic amines) is 1. The third-order valence-electron chi connectivity index (χ3n) is 4.16. The Bertz CT molecular complexity index is 598. The van der Waals surface area contributed by atoms with Crippen molar-refractivity contribution in [2.45, 2.75) is 59.1 Å². The van der Waals surface area contributed by atoms with Crippen LogP contribution in [0.1, 0.15) is 47.5 Å². The SMILES string of the molecule is CC(C)N(C[C@H]1CCCN(C(=O)Nc2nccs2)C1)C(=O)OC(C)(C)C. The Morgan fingerprint density at radius 2 is 2.19 bits per heavy atom. The van der Waals surface area contributed by atoms with Crippen LogP contribution in [0.4, 0.5) is 14.7 Å². The Balaban J connectivity index is 1.94. The zero-order chi connectivity index (χ0) is 19.3. The maximum absolute atomic E-state index is 12.5. The monoisotopic (exact) mass is 382 g/mol. The molecular formula is C18H30N4O3S. The maximum atomic E-state index is 12.5. The van der Waals surface area contributed by atoms with E-state index >= 15 is 0 Å². The van der Waals surface area contributed by atoms with Gasteiger partial charge in [0, 0.05) is 37.3 Å². The van der Waals surface area contributed by atoms with Gasteiger partial charge in [-0.2, -0.15) is 0 Å². The van der Waals surface area contributed by atoms with Gasteiger partial charge in [0.15, 0.2) is 5.13 Å². The Morgan fingerprint density at radius 1 is 1.46 bits per heavy atom. The first-order chi connectivity index (χ1) is 12.2. The molecule has 7 nitrogen and oxygen atoms in total. The standard InChI is InChI=1S/C18H30N4O3S/c1-13(2)22(17(24)25-18(3,4)5)12-14-7-6-9-21(11-14)16(23)20-15-19-8-10-26-15/h8,10,13-14H,6-7,9,11-12H2,1-5H3,(H,19,20,23)/t14-/m0/s1. The van der Waals surface area contributed by atoms with Gasteiger partial charge in [0.25, 0.3) is 0 Å². The molecule has 0 aliphatic carbocycles. The molecular weight excluding hydrogens is 352 g/mol. The number of carbonyl (C=O) groups excluding carboxylic acids is 2. The summed E-state index contributed by atoms with van der Waals surface area (Å²) in [6.07, 6.45) is 3.29. The number of aromatic nitrogens is 1. The highest BCUT2D eigenvalue weighted by molar-refractivity contribution is 7.13. The summed E-state index contributed by atoms with van der Waals surface area (Å²) in [5.41, 5.74) is -0.517. The summed E-state index contributed by atoms with van der Waals surface area (Å²) in [6.45, 7) is 11.5. The molecule has 1 aromatic rings. The highest BCUT2D eigenvalue weighted by atomic mass is 32.1. The van der Waals surface area contributed by atoms with E-state index < -0.39 is 5.60 Å². The van der Waals surface area contributed by atoms with E-state index in [0.717, 1.165) is 19.4 Å². The number of anilines is 1. The molecule has 2 rings (SSSR count). The Hall–Kier alpha value is -1.83. The predicted molar refractivity (Wildman–Crippen MR) is 104 cm³/mol. The fourth-order valence-corrected chi connectivity index (χ4v) is 3.47. The number of amides is 3. The molecule has 8 heteroatoms. The Morgan fingerprint density at radius 3 is 2.77 bits per heavy atom. The molecule has 0 aromatic carbocycles. The van der Waals surface area contributed by atoms with Gasteiger partial charge in [-0.25, -0.2) is 14.6 Å². The summed E-state index contributed by atoms with van der Waals surface area (Å²) in [5, 5.41) is 5.27. The largest absolute Gasteiger partial charge is 0.444 e. The predicted octanol–water partition coefficient (Wildman–Crippen LogP) is 4.03. The summed E-state index contributed by atoms with van der Waals surface area (Å²) in [7, 11) is 0. The highest BCUT2D eigenvalue weighted by Crippen LogP contribution is 2.21. The van der Waals surface area contributed by atoms with Crippen molar-refractivity contribution >= 4 is 28.6 Å². The number of nitrogens with one attached hydrogen (secondary N) is 1. The van der Waals surface area contributed by atoms with E-state index in [1.807, 2.05) is 44.9 Å². The molecule has 1 aromatic heterocycles. The average molecular weight is 383 g/mol. The fourth-order valence-electron chi connectivity index (χ4n) is 2.95. The number of urea groups is 1. The van der Waals surface area contributed by atoms with Crippen molar-refractivity contribution < 1.29 is 14.3 Å². The molecule has 0 spiro atoms. The minimum atomic E-state index is -0.517. The summed E-state index contributed by atoms with van der Waals surface area (Å²) < 4.78 is 5.53. The third-order valence-corrected chi connectivity index (χ3v) is 4.85. The van der Waals surface area contributed by atoms with Crippen LogP contribution in [0.15, 0.2) is 11.6 Å². The lowest BCUT2D eigenvalue weighted by Crippen LogP contribution is -2.48. The van der Waals surface area contributed by atoms with Crippen LogP contribution < -0.4 is 5.32 Å². The highest BCUT2D eigenvalue weighted by Gasteiger charge is 2.30. The summed E-state index contributed by atoms with van der Waals surface area (Å²) >= 11 is 1.40. The second-order valence-corrected chi connectivity index (χ2v) is 8.84. The minimum absolute atomic E-state index is 0.0457. The molecule has 1 saturated heterocycles. The third kappa shape index (κ3) is 6.16. The molecule has 1 aliphatic heterocycles. The van der Waals surface area contributed by atoms with Crippen LogP contribution in [-0.2, 0) is 4.74 Å². The van der Waals surface area contributed by atoms with Gasteiger partial charge in [0.2, 0.25) is 0 Å². The molecule has 0 radical (unpaired) electrons. The van der Waals surface area contributed by atoms with Crippen LogP contribution in [0.2, 0.25) is 0 Å². The van der Waals surface area contributed by atoms with Crippen molar-refractivity contribution in [1.29, 1.82) is 0 Å². The number of thiazole rings is 1. The van der Waals surface area contributed by atoms with Gasteiger partial charge in [0.05, 0.1) is 0 Å². The van der Waals surface area contributed by atoms with E-state index in [1.54, 1.807) is 11.1 Å². The van der Waals surface area contributed by atoms with Crippen LogP contribution in [0.25, 0.3) is 0 Å². The van der Waals surface area contributed by atoms with Crippen molar-refractivity contribution in [2.24, 2.45) is 5.92 Å². The van der Waals surface area contributed by atoms with Crippen LogP contribution in [0.5, 0.6) is 0 Å². The molecule has 0 saturated carbocycles. The summed E-state index contributed by atoms with van der Waals surface area (Å²) in [5.74, 6) is 0.237. The molecule has 2 heterocycles. The summed E-state index contributed by atoms with van der Waals surface area (Å²) in [6, 6.07) is -0.0811. The number of piperidine rings is 1. The van der Waals surface area contributed by atoms with Gasteiger partial charge in [-0.1, -0.05) is 0 Å². The fraction of sp³-hybridized carbons (Fsp3) is 0.722. The number of hydrogen-bond acceptors (Lipinski definition) is 5. The van der Waals surface area contributed by atoms with Crippen LogP contribution in [0, 0.1) is 5.92 Å². The Labute approximate surface area is 159 Å². The van der Waals surface area contributed by atoms with Crippen LogP contribution in [-0.4, -0.2) is 58.2 Å². The second-order valence-electron chi connectivity index (χ2n) is 7.95. The van der Waals surface area contributed by atoms with Gasteiger partial charge in [0.1, 0.15) is 5.60 Å². The van der Waals surface area contributed by atoms with Gasteiger partial charge in [-0.05, 0) is 53.4 Å². The number of hydrogen-bond donors (Lipinski definition) is 1. The lowest BCUT2D eigenvalue weighted by molar-refractivity contribution is 0.0132. The van der Waals surface area contributed by atoms with E-state index in [-0.39, 0.29) is 24.1 Å². The van der Waals surface area contributed by atoms with Crippen LogP contribution in [0.3, 0.4) is 0 Å². The molecule has 1 N–H and O–H groups in total.